The molecule has 5 rings (SSSR count). The highest BCUT2D eigenvalue weighted by molar-refractivity contribution is 6.73. The molecule has 0 amide bonds. The average molecular weight is 507 g/mol. The van der Waals surface area contributed by atoms with Gasteiger partial charge in [-0.2, -0.15) is 0 Å². The molecule has 4 nitrogen and oxygen atoms in total. The molecule has 2 unspecified atom stereocenters. The fourth-order valence-corrected chi connectivity index (χ4v) is 10.6. The normalized spacial score (nSPS) is 25.2. The van der Waals surface area contributed by atoms with Gasteiger partial charge in [0, 0.05) is 38.5 Å². The van der Waals surface area contributed by atoms with Crippen molar-refractivity contribution < 1.29 is 18.4 Å². The van der Waals surface area contributed by atoms with E-state index < -0.39 is 13.9 Å². The number of benzene rings is 2. The summed E-state index contributed by atoms with van der Waals surface area (Å²) in [7, 11) is -2.19. The van der Waals surface area contributed by atoms with Crippen molar-refractivity contribution in [2.24, 2.45) is 0 Å². The predicted molar refractivity (Wildman–Crippen MR) is 147 cm³/mol. The van der Waals surface area contributed by atoms with Crippen molar-refractivity contribution in [3.63, 3.8) is 0 Å². The van der Waals surface area contributed by atoms with E-state index in [4.69, 9.17) is 9.16 Å². The Morgan fingerprint density at radius 2 is 1.31 bits per heavy atom. The number of hydrogen-bond acceptors (Lipinski definition) is 3. The Kier molecular flexibility index (Phi) is 7.44. The molecule has 3 saturated heterocycles. The molecule has 0 radical (unpaired) electrons. The summed E-state index contributed by atoms with van der Waals surface area (Å²) in [6.07, 6.45) is 7.27. The molecular weight excluding hydrogens is 462 g/mol. The number of hydrogen-bond donors (Lipinski definition) is 0. The molecular formula is C31H44NO3Si+. The lowest BCUT2D eigenvalue weighted by atomic mass is 9.86. The Morgan fingerprint density at radius 1 is 0.833 bits per heavy atom. The molecule has 2 aromatic carbocycles. The molecule has 0 aromatic heterocycles. The van der Waals surface area contributed by atoms with E-state index in [1.54, 1.807) is 0 Å². The lowest BCUT2D eigenvalue weighted by Crippen LogP contribution is -2.60. The first-order valence-electron chi connectivity index (χ1n) is 14.4. The number of piperidine rings is 1. The van der Waals surface area contributed by atoms with Crippen molar-refractivity contribution in [2.45, 2.75) is 101 Å². The van der Waals surface area contributed by atoms with E-state index >= 15 is 0 Å². The number of nitrogens with zero attached hydrogens (tertiary/aromatic N) is 1. The Labute approximate surface area is 218 Å². The van der Waals surface area contributed by atoms with Crippen LogP contribution < -0.4 is 0 Å². The smallest absolute Gasteiger partial charge is 0.347 e. The maximum atomic E-state index is 14.6. The molecule has 0 aliphatic carbocycles. The van der Waals surface area contributed by atoms with Gasteiger partial charge in [-0.15, -0.1) is 0 Å². The summed E-state index contributed by atoms with van der Waals surface area (Å²) in [5.74, 6) is -0.216. The second-order valence-corrected chi connectivity index (χ2v) is 16.1. The van der Waals surface area contributed by atoms with Gasteiger partial charge < -0.3 is 13.6 Å². The van der Waals surface area contributed by atoms with Gasteiger partial charge in [-0.3, -0.25) is 0 Å². The molecule has 3 heterocycles. The highest BCUT2D eigenvalue weighted by Gasteiger charge is 2.57. The summed E-state index contributed by atoms with van der Waals surface area (Å²) >= 11 is 0. The van der Waals surface area contributed by atoms with E-state index in [0.717, 1.165) is 42.1 Å². The highest BCUT2D eigenvalue weighted by atomic mass is 28.4. The quantitative estimate of drug-likeness (QED) is 0.213. The summed E-state index contributed by atoms with van der Waals surface area (Å²) in [6, 6.07) is 24.5. The van der Waals surface area contributed by atoms with E-state index in [1.807, 2.05) is 60.7 Å². The van der Waals surface area contributed by atoms with Crippen LogP contribution in [0.4, 0.5) is 0 Å². The van der Waals surface area contributed by atoms with Gasteiger partial charge in [0.05, 0.1) is 25.2 Å². The van der Waals surface area contributed by atoms with Crippen LogP contribution in [0.1, 0.15) is 70.4 Å². The van der Waals surface area contributed by atoms with E-state index in [2.05, 4.69) is 20.8 Å². The SMILES string of the molecule is CC[Si](CC)(CC)OC(C(=O)OC1CC2CCC(C1)[N+]21CCCC1)(c1ccccc1)c1ccccc1. The minimum atomic E-state index is -2.19. The zero-order valence-electron chi connectivity index (χ0n) is 22.5. The third kappa shape index (κ3) is 4.27. The fourth-order valence-electron chi connectivity index (χ4n) is 7.74. The maximum Gasteiger partial charge on any atom is 0.347 e. The van der Waals surface area contributed by atoms with Gasteiger partial charge >= 0.3 is 5.97 Å². The average Bonchev–Trinajstić information content (AvgIpc) is 3.47. The molecule has 2 aromatic rings. The van der Waals surface area contributed by atoms with Gasteiger partial charge in [0.25, 0.3) is 0 Å². The van der Waals surface area contributed by atoms with Crippen molar-refractivity contribution in [1.82, 2.24) is 0 Å². The number of rotatable bonds is 9. The molecule has 3 aliphatic rings. The van der Waals surface area contributed by atoms with E-state index in [9.17, 15) is 4.79 Å². The predicted octanol–water partition coefficient (Wildman–Crippen LogP) is 6.80. The third-order valence-electron chi connectivity index (χ3n) is 9.98. The van der Waals surface area contributed by atoms with Gasteiger partial charge in [-0.1, -0.05) is 81.4 Å². The Hall–Kier alpha value is -1.95. The van der Waals surface area contributed by atoms with Crippen molar-refractivity contribution in [1.29, 1.82) is 0 Å². The van der Waals surface area contributed by atoms with Gasteiger partial charge in [0.15, 0.2) is 8.32 Å². The molecule has 2 atom stereocenters. The second-order valence-electron chi connectivity index (χ2n) is 11.4. The van der Waals surface area contributed by atoms with Crippen LogP contribution in [0.3, 0.4) is 0 Å². The summed E-state index contributed by atoms with van der Waals surface area (Å²) in [6.45, 7) is 9.33. The summed E-state index contributed by atoms with van der Waals surface area (Å²) in [5, 5.41) is 0. The van der Waals surface area contributed by atoms with Crippen LogP contribution in [0.5, 0.6) is 0 Å². The van der Waals surface area contributed by atoms with E-state index in [0.29, 0.717) is 12.1 Å². The van der Waals surface area contributed by atoms with Crippen LogP contribution in [0.2, 0.25) is 18.1 Å². The topological polar surface area (TPSA) is 35.5 Å². The van der Waals surface area contributed by atoms with E-state index in [-0.39, 0.29) is 12.1 Å². The number of quaternary nitrogens is 1. The van der Waals surface area contributed by atoms with Crippen LogP contribution in [0.15, 0.2) is 60.7 Å². The lowest BCUT2D eigenvalue weighted by molar-refractivity contribution is -0.956. The number of carbonyl (C=O) groups is 1. The molecule has 194 valence electrons. The van der Waals surface area contributed by atoms with Crippen molar-refractivity contribution in [3.05, 3.63) is 71.8 Å². The van der Waals surface area contributed by atoms with Gasteiger partial charge in [-0.25, -0.2) is 4.79 Å². The molecule has 36 heavy (non-hydrogen) atoms. The zero-order chi connectivity index (χ0) is 25.2. The largest absolute Gasteiger partial charge is 0.459 e. The van der Waals surface area contributed by atoms with Crippen molar-refractivity contribution >= 4 is 14.3 Å². The van der Waals surface area contributed by atoms with Crippen molar-refractivity contribution in [3.8, 4) is 0 Å². The molecule has 3 fully saturated rings. The fraction of sp³-hybridized carbons (Fsp3) is 0.581. The van der Waals surface area contributed by atoms with Crippen LogP contribution in [0.25, 0.3) is 0 Å². The first-order valence-corrected chi connectivity index (χ1v) is 16.9. The number of esters is 1. The molecule has 0 N–H and O–H groups in total. The standard InChI is InChI=1S/C31H44NO3Si/c1-4-36(5-2,6-3)35-31(25-15-9-7-10-16-25,26-17-11-8-12-18-26)30(33)34-29-23-27-19-20-28(24-29)32(27)21-13-14-22-32/h7-12,15-18,27-29H,4-6,13-14,19-24H2,1-3H3/q+1. The molecule has 5 heteroatoms. The minimum absolute atomic E-state index is 0.0179. The monoisotopic (exact) mass is 506 g/mol. The second kappa shape index (κ2) is 10.4. The van der Waals surface area contributed by atoms with E-state index in [1.165, 1.54) is 43.3 Å². The molecule has 2 bridgehead atoms. The summed E-state index contributed by atoms with van der Waals surface area (Å²) < 4.78 is 15.2. The van der Waals surface area contributed by atoms with Crippen LogP contribution in [0, 0.1) is 0 Å². The van der Waals surface area contributed by atoms with Crippen LogP contribution >= 0.6 is 0 Å². The highest BCUT2D eigenvalue weighted by Crippen LogP contribution is 2.47. The van der Waals surface area contributed by atoms with Gasteiger partial charge in [-0.05, 0) is 29.3 Å². The lowest BCUT2D eigenvalue weighted by Gasteiger charge is -2.47. The first kappa shape index (κ1) is 25.7. The number of carbonyl (C=O) groups excluding carboxylic acids is 1. The maximum absolute atomic E-state index is 14.6. The first-order chi connectivity index (χ1) is 17.5. The molecule has 1 spiro atoms. The van der Waals surface area contributed by atoms with Gasteiger partial charge in [0.1, 0.15) is 6.10 Å². The zero-order valence-corrected chi connectivity index (χ0v) is 23.5. The Morgan fingerprint density at radius 3 is 1.75 bits per heavy atom. The molecule has 0 saturated carbocycles. The minimum Gasteiger partial charge on any atom is -0.459 e. The Balaban J connectivity index is 1.52. The summed E-state index contributed by atoms with van der Waals surface area (Å²) in [5.41, 5.74) is 0.540. The summed E-state index contributed by atoms with van der Waals surface area (Å²) in [4.78, 5) is 14.6. The Bertz CT molecular complexity index is 953. The van der Waals surface area contributed by atoms with Gasteiger partial charge in [0.2, 0.25) is 5.60 Å². The van der Waals surface area contributed by atoms with Crippen molar-refractivity contribution in [2.75, 3.05) is 13.1 Å². The van der Waals surface area contributed by atoms with Crippen LogP contribution in [-0.4, -0.2) is 50.0 Å². The third-order valence-corrected chi connectivity index (χ3v) is 14.6. The molecule has 3 aliphatic heterocycles. The van der Waals surface area contributed by atoms with Crippen LogP contribution in [-0.2, 0) is 19.6 Å². The number of ether oxygens (including phenoxy) is 1.